The first-order valence-electron chi connectivity index (χ1n) is 9.63. The fourth-order valence-electron chi connectivity index (χ4n) is 4.56. The number of halogens is 1. The minimum atomic E-state index is -0.158. The lowest BCUT2D eigenvalue weighted by Crippen LogP contribution is -2.44. The van der Waals surface area contributed by atoms with Crippen LogP contribution >= 0.6 is 12.4 Å². The number of ether oxygens (including phenoxy) is 1. The summed E-state index contributed by atoms with van der Waals surface area (Å²) >= 11 is 0. The highest BCUT2D eigenvalue weighted by Crippen LogP contribution is 2.49. The van der Waals surface area contributed by atoms with E-state index in [1.165, 1.54) is 51.4 Å². The monoisotopic (exact) mass is 345 g/mol. The molecule has 4 heteroatoms. The number of hydrogen-bond acceptors (Lipinski definition) is 3. The fourth-order valence-corrected chi connectivity index (χ4v) is 4.56. The number of carbonyl (C=O) groups is 1. The Morgan fingerprint density at radius 1 is 1.04 bits per heavy atom. The first-order valence-corrected chi connectivity index (χ1v) is 9.63. The van der Waals surface area contributed by atoms with Crippen molar-refractivity contribution in [3.63, 3.8) is 0 Å². The molecule has 2 aliphatic rings. The predicted octanol–water partition coefficient (Wildman–Crippen LogP) is 5.22. The Hall–Kier alpha value is -0.280. The summed E-state index contributed by atoms with van der Waals surface area (Å²) in [5.41, 5.74) is -0.158. The molecule has 2 fully saturated rings. The average Bonchev–Trinajstić information content (AvgIpc) is 2.60. The maximum atomic E-state index is 12.9. The lowest BCUT2D eigenvalue weighted by molar-refractivity contribution is -0.164. The van der Waals surface area contributed by atoms with Crippen LogP contribution in [-0.2, 0) is 9.53 Å². The van der Waals surface area contributed by atoms with Crippen LogP contribution < -0.4 is 5.32 Å². The summed E-state index contributed by atoms with van der Waals surface area (Å²) < 4.78 is 5.72. The van der Waals surface area contributed by atoms with Gasteiger partial charge in [-0.15, -0.1) is 12.4 Å². The van der Waals surface area contributed by atoms with Gasteiger partial charge in [-0.05, 0) is 44.4 Å². The highest BCUT2D eigenvalue weighted by Gasteiger charge is 2.47. The summed E-state index contributed by atoms with van der Waals surface area (Å²) in [6.07, 6.45) is 14.4. The van der Waals surface area contributed by atoms with Crippen LogP contribution in [0.25, 0.3) is 0 Å². The highest BCUT2D eigenvalue weighted by atomic mass is 35.5. The summed E-state index contributed by atoms with van der Waals surface area (Å²) in [6, 6.07) is 0.463. The van der Waals surface area contributed by atoms with Crippen LogP contribution in [0.15, 0.2) is 0 Å². The molecule has 0 bridgehead atoms. The third-order valence-corrected chi connectivity index (χ3v) is 6.10. The third-order valence-electron chi connectivity index (χ3n) is 6.10. The van der Waals surface area contributed by atoms with E-state index in [0.29, 0.717) is 18.7 Å². The van der Waals surface area contributed by atoms with Gasteiger partial charge in [-0.2, -0.15) is 0 Å². The van der Waals surface area contributed by atoms with Gasteiger partial charge in [0.05, 0.1) is 5.41 Å². The van der Waals surface area contributed by atoms with Gasteiger partial charge in [-0.25, -0.2) is 0 Å². The molecule has 0 atom stereocenters. The largest absolute Gasteiger partial charge is 0.449 e. The maximum absolute atomic E-state index is 12.9. The van der Waals surface area contributed by atoms with E-state index in [1.54, 1.807) is 0 Å². The molecule has 2 aliphatic carbocycles. The van der Waals surface area contributed by atoms with E-state index in [0.717, 1.165) is 25.7 Å². The molecule has 2 rings (SSSR count). The van der Waals surface area contributed by atoms with Crippen LogP contribution in [0.1, 0.15) is 90.9 Å². The zero-order valence-electron chi connectivity index (χ0n) is 15.1. The second kappa shape index (κ2) is 10.6. The molecule has 0 heterocycles. The summed E-state index contributed by atoms with van der Waals surface area (Å²) in [5.74, 6) is 0.666. The Balaban J connectivity index is 0.00000264. The summed E-state index contributed by atoms with van der Waals surface area (Å²) in [6.45, 7) is 4.74. The van der Waals surface area contributed by atoms with Crippen molar-refractivity contribution in [1.29, 1.82) is 0 Å². The van der Waals surface area contributed by atoms with Crippen LogP contribution in [0.3, 0.4) is 0 Å². The Morgan fingerprint density at radius 2 is 1.61 bits per heavy atom. The van der Waals surface area contributed by atoms with Gasteiger partial charge in [0.1, 0.15) is 6.73 Å². The van der Waals surface area contributed by atoms with Crippen molar-refractivity contribution in [3.05, 3.63) is 0 Å². The van der Waals surface area contributed by atoms with Gasteiger partial charge >= 0.3 is 5.97 Å². The normalized spacial score (nSPS) is 21.7. The Labute approximate surface area is 148 Å². The van der Waals surface area contributed by atoms with E-state index >= 15 is 0 Å². The molecule has 3 nitrogen and oxygen atoms in total. The van der Waals surface area contributed by atoms with Crippen LogP contribution in [0.2, 0.25) is 0 Å². The number of esters is 1. The molecular weight excluding hydrogens is 310 g/mol. The van der Waals surface area contributed by atoms with Crippen molar-refractivity contribution >= 4 is 18.4 Å². The molecule has 0 aromatic carbocycles. The van der Waals surface area contributed by atoms with Crippen molar-refractivity contribution < 1.29 is 9.53 Å². The number of rotatable bonds is 7. The van der Waals surface area contributed by atoms with Crippen LogP contribution in [-0.4, -0.2) is 18.7 Å². The van der Waals surface area contributed by atoms with Crippen molar-refractivity contribution in [2.45, 2.75) is 96.9 Å². The first kappa shape index (κ1) is 20.8. The summed E-state index contributed by atoms with van der Waals surface area (Å²) in [7, 11) is 0. The standard InChI is InChI=1S/C19H35NO2.ClH/c1-3-17(4-2)20-15-22-18(21)19(13-9-6-10-14-19)16-11-7-5-8-12-16;/h16-17,20H,3-15H2,1-2H3;1H. The molecular formula is C19H36ClNO2. The molecule has 0 radical (unpaired) electrons. The van der Waals surface area contributed by atoms with Gasteiger partial charge in [0.2, 0.25) is 0 Å². The van der Waals surface area contributed by atoms with Crippen LogP contribution in [0, 0.1) is 11.3 Å². The Bertz CT molecular complexity index is 332. The molecule has 23 heavy (non-hydrogen) atoms. The van der Waals surface area contributed by atoms with E-state index in [2.05, 4.69) is 19.2 Å². The zero-order valence-corrected chi connectivity index (χ0v) is 15.9. The molecule has 0 aromatic heterocycles. The van der Waals surface area contributed by atoms with Gasteiger partial charge in [-0.1, -0.05) is 52.4 Å². The fraction of sp³-hybridized carbons (Fsp3) is 0.947. The topological polar surface area (TPSA) is 38.3 Å². The van der Waals surface area contributed by atoms with Gasteiger partial charge in [0.25, 0.3) is 0 Å². The Morgan fingerprint density at radius 3 is 2.17 bits per heavy atom. The SMILES string of the molecule is CCC(CC)NCOC(=O)C1(C2CCCCC2)CCCCC1.Cl. The average molecular weight is 346 g/mol. The van der Waals surface area contributed by atoms with Crippen molar-refractivity contribution in [2.24, 2.45) is 11.3 Å². The second-order valence-corrected chi connectivity index (χ2v) is 7.35. The second-order valence-electron chi connectivity index (χ2n) is 7.35. The number of carbonyl (C=O) groups excluding carboxylic acids is 1. The zero-order chi connectivity index (χ0) is 15.8. The molecule has 1 N–H and O–H groups in total. The quantitative estimate of drug-likeness (QED) is 0.508. The van der Waals surface area contributed by atoms with E-state index in [4.69, 9.17) is 4.74 Å². The molecule has 0 saturated heterocycles. The van der Waals surface area contributed by atoms with Gasteiger partial charge in [-0.3, -0.25) is 10.1 Å². The third kappa shape index (κ3) is 5.35. The van der Waals surface area contributed by atoms with Crippen LogP contribution in [0.4, 0.5) is 0 Å². The summed E-state index contributed by atoms with van der Waals surface area (Å²) in [4.78, 5) is 12.9. The minimum Gasteiger partial charge on any atom is -0.449 e. The smallest absolute Gasteiger partial charge is 0.313 e. The van der Waals surface area contributed by atoms with Crippen molar-refractivity contribution in [3.8, 4) is 0 Å². The van der Waals surface area contributed by atoms with Crippen molar-refractivity contribution in [2.75, 3.05) is 6.73 Å². The van der Waals surface area contributed by atoms with Gasteiger partial charge in [0.15, 0.2) is 0 Å². The highest BCUT2D eigenvalue weighted by molar-refractivity contribution is 5.85. The number of nitrogens with one attached hydrogen (secondary N) is 1. The lowest BCUT2D eigenvalue weighted by Gasteiger charge is -2.43. The molecule has 136 valence electrons. The Kier molecular flexibility index (Phi) is 9.53. The molecule has 2 saturated carbocycles. The first-order chi connectivity index (χ1) is 10.7. The van der Waals surface area contributed by atoms with E-state index in [1.807, 2.05) is 0 Å². The van der Waals surface area contributed by atoms with Gasteiger partial charge in [0, 0.05) is 6.04 Å². The van der Waals surface area contributed by atoms with Gasteiger partial charge < -0.3 is 4.74 Å². The molecule has 0 spiro atoms. The predicted molar refractivity (Wildman–Crippen MR) is 97.8 cm³/mol. The van der Waals surface area contributed by atoms with E-state index in [9.17, 15) is 4.79 Å². The molecule has 0 amide bonds. The number of hydrogen-bond donors (Lipinski definition) is 1. The van der Waals surface area contributed by atoms with Crippen molar-refractivity contribution in [1.82, 2.24) is 5.32 Å². The van der Waals surface area contributed by atoms with E-state index < -0.39 is 0 Å². The lowest BCUT2D eigenvalue weighted by atomic mass is 9.62. The maximum Gasteiger partial charge on any atom is 0.313 e. The van der Waals surface area contributed by atoms with Crippen LogP contribution in [0.5, 0.6) is 0 Å². The minimum absolute atomic E-state index is 0. The molecule has 0 aromatic rings. The molecule has 0 aliphatic heterocycles. The van der Waals surface area contributed by atoms with E-state index in [-0.39, 0.29) is 23.8 Å². The molecule has 0 unspecified atom stereocenters. The summed E-state index contributed by atoms with van der Waals surface area (Å²) in [5, 5.41) is 3.37.